The van der Waals surface area contributed by atoms with Gasteiger partial charge in [-0.15, -0.1) is 0 Å². The van der Waals surface area contributed by atoms with E-state index in [-0.39, 0.29) is 22.7 Å². The van der Waals surface area contributed by atoms with Crippen molar-refractivity contribution in [2.75, 3.05) is 6.61 Å². The number of carbonyl (C=O) groups is 1. The highest BCUT2D eigenvalue weighted by atomic mass is 32.2. The Labute approximate surface area is 138 Å². The first-order valence-electron chi connectivity index (χ1n) is 8.07. The standard InChI is InChI=1S/C17H26O5S/c1-4-11-22-17(18)14(6-3)12-13(5-2)15-7-9-16(10-8-15)23(19,20)21/h7-10,13-14H,4-6,11-12H2,1-3H3,(H,19,20,21). The van der Waals surface area contributed by atoms with E-state index < -0.39 is 10.1 Å². The third-order valence-corrected chi connectivity index (χ3v) is 4.85. The molecule has 0 spiro atoms. The third kappa shape index (κ3) is 5.95. The number of benzene rings is 1. The van der Waals surface area contributed by atoms with E-state index in [0.29, 0.717) is 19.4 Å². The first kappa shape index (κ1) is 19.6. The van der Waals surface area contributed by atoms with Gasteiger partial charge in [0.05, 0.1) is 17.4 Å². The molecule has 0 amide bonds. The molecule has 1 aromatic rings. The predicted molar refractivity (Wildman–Crippen MR) is 88.9 cm³/mol. The Morgan fingerprint density at radius 3 is 2.17 bits per heavy atom. The van der Waals surface area contributed by atoms with Gasteiger partial charge in [0.15, 0.2) is 0 Å². The summed E-state index contributed by atoms with van der Waals surface area (Å²) >= 11 is 0. The Bertz CT molecular complexity index is 592. The van der Waals surface area contributed by atoms with Crippen molar-refractivity contribution < 1.29 is 22.5 Å². The van der Waals surface area contributed by atoms with Crippen LogP contribution in [0.1, 0.15) is 57.9 Å². The van der Waals surface area contributed by atoms with E-state index in [1.54, 1.807) is 12.1 Å². The zero-order chi connectivity index (χ0) is 17.5. The van der Waals surface area contributed by atoms with Crippen LogP contribution >= 0.6 is 0 Å². The Morgan fingerprint density at radius 1 is 1.13 bits per heavy atom. The van der Waals surface area contributed by atoms with E-state index in [1.165, 1.54) is 12.1 Å². The lowest BCUT2D eigenvalue weighted by molar-refractivity contribution is -0.149. The molecular weight excluding hydrogens is 316 g/mol. The van der Waals surface area contributed by atoms with Crippen molar-refractivity contribution in [1.29, 1.82) is 0 Å². The topological polar surface area (TPSA) is 80.7 Å². The van der Waals surface area contributed by atoms with Crippen LogP contribution in [0.2, 0.25) is 0 Å². The van der Waals surface area contributed by atoms with Gasteiger partial charge in [-0.3, -0.25) is 9.35 Å². The van der Waals surface area contributed by atoms with Crippen LogP contribution in [0.15, 0.2) is 29.2 Å². The predicted octanol–water partition coefficient (Wildman–Crippen LogP) is 3.80. The van der Waals surface area contributed by atoms with Crippen molar-refractivity contribution in [2.24, 2.45) is 5.92 Å². The van der Waals surface area contributed by atoms with Gasteiger partial charge in [0, 0.05) is 0 Å². The van der Waals surface area contributed by atoms with Gasteiger partial charge >= 0.3 is 5.97 Å². The minimum Gasteiger partial charge on any atom is -0.465 e. The summed E-state index contributed by atoms with van der Waals surface area (Å²) in [5, 5.41) is 0. The van der Waals surface area contributed by atoms with Crippen molar-refractivity contribution in [3.8, 4) is 0 Å². The van der Waals surface area contributed by atoms with Crippen molar-refractivity contribution in [3.05, 3.63) is 29.8 Å². The van der Waals surface area contributed by atoms with Crippen molar-refractivity contribution in [1.82, 2.24) is 0 Å². The summed E-state index contributed by atoms with van der Waals surface area (Å²) in [7, 11) is -4.18. The van der Waals surface area contributed by atoms with Gasteiger partial charge in [-0.05, 0) is 49.3 Å². The molecule has 0 bridgehead atoms. The molecule has 1 rings (SSSR count). The number of ether oxygens (including phenoxy) is 1. The van der Waals surface area contributed by atoms with Gasteiger partial charge in [0.25, 0.3) is 10.1 Å². The lowest BCUT2D eigenvalue weighted by atomic mass is 9.86. The number of rotatable bonds is 9. The average Bonchev–Trinajstić information content (AvgIpc) is 2.53. The quantitative estimate of drug-likeness (QED) is 0.545. The van der Waals surface area contributed by atoms with Crippen LogP contribution in [0.4, 0.5) is 0 Å². The fourth-order valence-corrected chi connectivity index (χ4v) is 3.02. The summed E-state index contributed by atoms with van der Waals surface area (Å²) in [5.41, 5.74) is 0.960. The Hall–Kier alpha value is -1.40. The molecule has 0 heterocycles. The first-order chi connectivity index (χ1) is 10.8. The molecular formula is C17H26O5S. The molecule has 1 N–H and O–H groups in total. The molecule has 0 saturated carbocycles. The molecule has 0 aliphatic carbocycles. The highest BCUT2D eigenvalue weighted by molar-refractivity contribution is 7.85. The highest BCUT2D eigenvalue weighted by Crippen LogP contribution is 2.29. The second kappa shape index (κ2) is 9.03. The van der Waals surface area contributed by atoms with Crippen LogP contribution in [0, 0.1) is 5.92 Å². The smallest absolute Gasteiger partial charge is 0.308 e. The molecule has 6 heteroatoms. The van der Waals surface area contributed by atoms with Crippen molar-refractivity contribution in [3.63, 3.8) is 0 Å². The minimum atomic E-state index is -4.18. The molecule has 130 valence electrons. The van der Waals surface area contributed by atoms with Gasteiger partial charge in [-0.25, -0.2) is 0 Å². The van der Waals surface area contributed by atoms with E-state index in [2.05, 4.69) is 0 Å². The van der Waals surface area contributed by atoms with E-state index in [1.807, 2.05) is 20.8 Å². The molecule has 0 radical (unpaired) electrons. The molecule has 0 saturated heterocycles. The molecule has 0 aliphatic heterocycles. The Morgan fingerprint density at radius 2 is 1.74 bits per heavy atom. The Kier molecular flexibility index (Phi) is 7.72. The normalized spacial score (nSPS) is 14.3. The number of hydrogen-bond acceptors (Lipinski definition) is 4. The van der Waals surface area contributed by atoms with Crippen LogP contribution in [0.5, 0.6) is 0 Å². The molecule has 1 aromatic carbocycles. The second-order valence-corrected chi connectivity index (χ2v) is 7.08. The molecule has 0 aliphatic rings. The fourth-order valence-electron chi connectivity index (χ4n) is 2.54. The van der Waals surface area contributed by atoms with Crippen LogP contribution in [-0.2, 0) is 19.6 Å². The van der Waals surface area contributed by atoms with E-state index in [9.17, 15) is 13.2 Å². The van der Waals surface area contributed by atoms with Gasteiger partial charge < -0.3 is 4.74 Å². The van der Waals surface area contributed by atoms with Crippen LogP contribution < -0.4 is 0 Å². The molecule has 2 atom stereocenters. The summed E-state index contributed by atoms with van der Waals surface area (Å²) in [4.78, 5) is 11.9. The second-order valence-electron chi connectivity index (χ2n) is 5.66. The van der Waals surface area contributed by atoms with E-state index in [0.717, 1.165) is 18.4 Å². The monoisotopic (exact) mass is 342 g/mol. The lowest BCUT2D eigenvalue weighted by Gasteiger charge is -2.21. The molecule has 23 heavy (non-hydrogen) atoms. The van der Waals surface area contributed by atoms with Crippen LogP contribution in [0.3, 0.4) is 0 Å². The third-order valence-electron chi connectivity index (χ3n) is 3.99. The Balaban J connectivity index is 2.84. The van der Waals surface area contributed by atoms with Gasteiger partial charge in [0.2, 0.25) is 0 Å². The van der Waals surface area contributed by atoms with Gasteiger partial charge in [0.1, 0.15) is 0 Å². The molecule has 0 aromatic heterocycles. The maximum Gasteiger partial charge on any atom is 0.308 e. The lowest BCUT2D eigenvalue weighted by Crippen LogP contribution is -2.20. The van der Waals surface area contributed by atoms with Gasteiger partial charge in [-0.2, -0.15) is 8.42 Å². The average molecular weight is 342 g/mol. The van der Waals surface area contributed by atoms with E-state index >= 15 is 0 Å². The number of esters is 1. The summed E-state index contributed by atoms with van der Waals surface area (Å²) in [6.07, 6.45) is 3.02. The highest BCUT2D eigenvalue weighted by Gasteiger charge is 2.23. The maximum atomic E-state index is 12.1. The minimum absolute atomic E-state index is 0.120. The number of carbonyl (C=O) groups excluding carboxylic acids is 1. The largest absolute Gasteiger partial charge is 0.465 e. The van der Waals surface area contributed by atoms with Crippen molar-refractivity contribution in [2.45, 2.75) is 57.3 Å². The molecule has 0 fully saturated rings. The SMILES string of the molecule is CCCOC(=O)C(CC)CC(CC)c1ccc(S(=O)(=O)O)cc1. The summed E-state index contributed by atoms with van der Waals surface area (Å²) in [5.74, 6) is -0.181. The van der Waals surface area contributed by atoms with E-state index in [4.69, 9.17) is 9.29 Å². The van der Waals surface area contributed by atoms with Crippen LogP contribution in [0.25, 0.3) is 0 Å². The number of hydrogen-bond donors (Lipinski definition) is 1. The zero-order valence-corrected chi connectivity index (χ0v) is 14.8. The molecule has 2 unspecified atom stereocenters. The van der Waals surface area contributed by atoms with Gasteiger partial charge in [-0.1, -0.05) is 32.9 Å². The summed E-state index contributed by atoms with van der Waals surface area (Å²) < 4.78 is 36.4. The molecule has 5 nitrogen and oxygen atoms in total. The first-order valence-corrected chi connectivity index (χ1v) is 9.51. The van der Waals surface area contributed by atoms with Crippen molar-refractivity contribution >= 4 is 16.1 Å². The maximum absolute atomic E-state index is 12.1. The fraction of sp³-hybridized carbons (Fsp3) is 0.588. The zero-order valence-electron chi connectivity index (χ0n) is 14.0. The van der Waals surface area contributed by atoms with Crippen LogP contribution in [-0.4, -0.2) is 25.5 Å². The summed E-state index contributed by atoms with van der Waals surface area (Å²) in [6, 6.07) is 6.18. The summed E-state index contributed by atoms with van der Waals surface area (Å²) in [6.45, 7) is 6.40.